The van der Waals surface area contributed by atoms with Crippen molar-refractivity contribution in [1.82, 2.24) is 16.0 Å². The van der Waals surface area contributed by atoms with Crippen molar-refractivity contribution in [2.24, 2.45) is 5.92 Å². The van der Waals surface area contributed by atoms with Gasteiger partial charge < -0.3 is 30.5 Å². The first kappa shape index (κ1) is 28.2. The van der Waals surface area contributed by atoms with Crippen LogP contribution in [0.25, 0.3) is 0 Å². The second-order valence-electron chi connectivity index (χ2n) is 8.61. The van der Waals surface area contributed by atoms with E-state index in [2.05, 4.69) is 20.7 Å². The molecule has 3 atom stereocenters. The van der Waals surface area contributed by atoms with Crippen LogP contribution in [0.3, 0.4) is 0 Å². The lowest BCUT2D eigenvalue weighted by atomic mass is 10.0. The molecule has 0 heterocycles. The SMILES string of the molecule is COC(=O)[C@H](C)NC(=O)[C@@H](NC(=O)[C@H](Cc1ccc(O)cc1)NC(=O)OCc1ccccc1)C(C)C. The number of ether oxygens (including phenoxy) is 2. The maximum atomic E-state index is 13.2. The largest absolute Gasteiger partial charge is 0.508 e. The van der Waals surface area contributed by atoms with E-state index in [1.807, 2.05) is 18.2 Å². The number of rotatable bonds is 11. The fourth-order valence-electron chi connectivity index (χ4n) is 3.31. The molecule has 0 aromatic heterocycles. The van der Waals surface area contributed by atoms with Crippen LogP contribution in [0.1, 0.15) is 31.9 Å². The van der Waals surface area contributed by atoms with Crippen LogP contribution in [0.5, 0.6) is 5.75 Å². The molecule has 0 radical (unpaired) electrons. The van der Waals surface area contributed by atoms with E-state index in [1.54, 1.807) is 38.1 Å². The Morgan fingerprint density at radius 1 is 0.833 bits per heavy atom. The number of methoxy groups -OCH3 is 1. The van der Waals surface area contributed by atoms with Gasteiger partial charge in [-0.3, -0.25) is 9.59 Å². The van der Waals surface area contributed by atoms with E-state index >= 15 is 0 Å². The van der Waals surface area contributed by atoms with Crippen molar-refractivity contribution in [2.45, 2.75) is 51.9 Å². The Hall–Kier alpha value is -4.08. The van der Waals surface area contributed by atoms with Crippen LogP contribution < -0.4 is 16.0 Å². The lowest BCUT2D eigenvalue weighted by molar-refractivity contribution is -0.145. The van der Waals surface area contributed by atoms with Crippen molar-refractivity contribution in [2.75, 3.05) is 7.11 Å². The number of benzene rings is 2. The average molecular weight is 500 g/mol. The summed E-state index contributed by atoms with van der Waals surface area (Å²) in [7, 11) is 1.21. The Morgan fingerprint density at radius 2 is 1.47 bits per heavy atom. The Morgan fingerprint density at radius 3 is 2.06 bits per heavy atom. The molecule has 36 heavy (non-hydrogen) atoms. The smallest absolute Gasteiger partial charge is 0.408 e. The van der Waals surface area contributed by atoms with Crippen LogP contribution in [0.4, 0.5) is 4.79 Å². The number of esters is 1. The van der Waals surface area contributed by atoms with Gasteiger partial charge in [-0.1, -0.05) is 56.3 Å². The quantitative estimate of drug-likeness (QED) is 0.347. The standard InChI is InChI=1S/C26H33N3O7/c1-16(2)22(24(32)27-17(3)25(33)35-4)29-23(31)21(14-18-10-12-20(30)13-11-18)28-26(34)36-15-19-8-6-5-7-9-19/h5-13,16-17,21-22,30H,14-15H2,1-4H3,(H,27,32)(H,28,34)(H,29,31)/t17-,21-,22-/m0/s1. The third-order valence-electron chi connectivity index (χ3n) is 5.36. The number of phenols is 1. The molecule has 0 aliphatic heterocycles. The number of phenolic OH excluding ortho intramolecular Hbond substituents is 1. The number of aromatic hydroxyl groups is 1. The van der Waals surface area contributed by atoms with Gasteiger partial charge in [0.25, 0.3) is 0 Å². The molecule has 0 bridgehead atoms. The van der Waals surface area contributed by atoms with E-state index in [9.17, 15) is 24.3 Å². The molecular weight excluding hydrogens is 466 g/mol. The van der Waals surface area contributed by atoms with E-state index < -0.39 is 42.0 Å². The zero-order valence-electron chi connectivity index (χ0n) is 20.8. The number of carbonyl (C=O) groups is 4. The van der Waals surface area contributed by atoms with E-state index in [4.69, 9.17) is 4.74 Å². The summed E-state index contributed by atoms with van der Waals surface area (Å²) in [6, 6.07) is 12.3. The van der Waals surface area contributed by atoms with Crippen molar-refractivity contribution in [3.8, 4) is 5.75 Å². The van der Waals surface area contributed by atoms with Gasteiger partial charge in [0.1, 0.15) is 30.5 Å². The Balaban J connectivity index is 2.13. The summed E-state index contributed by atoms with van der Waals surface area (Å²) in [6.07, 6.45) is -0.722. The van der Waals surface area contributed by atoms with Crippen LogP contribution >= 0.6 is 0 Å². The minimum atomic E-state index is -1.08. The number of carbonyl (C=O) groups excluding carboxylic acids is 4. The molecule has 0 saturated carbocycles. The molecule has 2 aromatic carbocycles. The lowest BCUT2D eigenvalue weighted by Gasteiger charge is -2.26. The predicted octanol–water partition coefficient (Wildman–Crippen LogP) is 2.05. The molecule has 2 aromatic rings. The minimum absolute atomic E-state index is 0.0165. The Kier molecular flexibility index (Phi) is 10.7. The van der Waals surface area contributed by atoms with Gasteiger partial charge in [-0.25, -0.2) is 9.59 Å². The summed E-state index contributed by atoms with van der Waals surface area (Å²) < 4.78 is 9.88. The second kappa shape index (κ2) is 13.7. The summed E-state index contributed by atoms with van der Waals surface area (Å²) in [4.78, 5) is 50.2. The molecule has 2 rings (SSSR count). The van der Waals surface area contributed by atoms with Gasteiger partial charge in [-0.15, -0.1) is 0 Å². The molecular formula is C26H33N3O7. The zero-order valence-corrected chi connectivity index (χ0v) is 20.8. The van der Waals surface area contributed by atoms with Crippen LogP contribution in [-0.4, -0.2) is 54.2 Å². The van der Waals surface area contributed by atoms with Crippen LogP contribution in [0, 0.1) is 5.92 Å². The van der Waals surface area contributed by atoms with Gasteiger partial charge in [-0.05, 0) is 36.1 Å². The minimum Gasteiger partial charge on any atom is -0.508 e. The number of nitrogens with one attached hydrogen (secondary N) is 3. The van der Waals surface area contributed by atoms with E-state index in [1.165, 1.54) is 26.2 Å². The fourth-order valence-corrected chi connectivity index (χ4v) is 3.31. The summed E-state index contributed by atoms with van der Waals surface area (Å²) in [5.74, 6) is -2.06. The molecule has 0 fully saturated rings. The summed E-state index contributed by atoms with van der Waals surface area (Å²) >= 11 is 0. The highest BCUT2D eigenvalue weighted by Crippen LogP contribution is 2.13. The fraction of sp³-hybridized carbons (Fsp3) is 0.385. The monoisotopic (exact) mass is 499 g/mol. The maximum absolute atomic E-state index is 13.2. The molecule has 0 aliphatic carbocycles. The summed E-state index contributed by atoms with van der Waals surface area (Å²) in [5.41, 5.74) is 1.45. The Bertz CT molecular complexity index is 1030. The Labute approximate surface area is 210 Å². The average Bonchev–Trinajstić information content (AvgIpc) is 2.86. The van der Waals surface area contributed by atoms with Crippen molar-refractivity contribution in [3.63, 3.8) is 0 Å². The molecule has 10 nitrogen and oxygen atoms in total. The van der Waals surface area contributed by atoms with Crippen LogP contribution in [0.2, 0.25) is 0 Å². The maximum Gasteiger partial charge on any atom is 0.408 e. The second-order valence-corrected chi connectivity index (χ2v) is 8.61. The first-order chi connectivity index (χ1) is 17.1. The van der Waals surface area contributed by atoms with Gasteiger partial charge in [0.05, 0.1) is 7.11 Å². The molecule has 194 valence electrons. The number of hydrogen-bond donors (Lipinski definition) is 4. The highest BCUT2D eigenvalue weighted by molar-refractivity contribution is 5.93. The molecule has 3 amide bonds. The lowest BCUT2D eigenvalue weighted by Crippen LogP contribution is -2.57. The molecule has 0 saturated heterocycles. The normalized spacial score (nSPS) is 13.1. The summed E-state index contributed by atoms with van der Waals surface area (Å²) in [6.45, 7) is 4.97. The topological polar surface area (TPSA) is 143 Å². The number of hydrogen-bond acceptors (Lipinski definition) is 7. The van der Waals surface area contributed by atoms with Crippen molar-refractivity contribution >= 4 is 23.9 Å². The predicted molar refractivity (Wildman–Crippen MR) is 132 cm³/mol. The van der Waals surface area contributed by atoms with Gasteiger partial charge in [0.2, 0.25) is 11.8 Å². The number of amides is 3. The van der Waals surface area contributed by atoms with Crippen LogP contribution in [0.15, 0.2) is 54.6 Å². The molecule has 0 aliphatic rings. The van der Waals surface area contributed by atoms with E-state index in [0.717, 1.165) is 5.56 Å². The van der Waals surface area contributed by atoms with Gasteiger partial charge in [0, 0.05) is 6.42 Å². The highest BCUT2D eigenvalue weighted by atomic mass is 16.5. The molecule has 10 heteroatoms. The van der Waals surface area contributed by atoms with Gasteiger partial charge >= 0.3 is 12.1 Å². The molecule has 4 N–H and O–H groups in total. The zero-order chi connectivity index (χ0) is 26.7. The van der Waals surface area contributed by atoms with Crippen LogP contribution in [-0.2, 0) is 36.9 Å². The van der Waals surface area contributed by atoms with Crippen molar-refractivity contribution in [1.29, 1.82) is 0 Å². The van der Waals surface area contributed by atoms with Crippen molar-refractivity contribution < 1.29 is 33.8 Å². The van der Waals surface area contributed by atoms with E-state index in [-0.39, 0.29) is 24.7 Å². The first-order valence-corrected chi connectivity index (χ1v) is 11.5. The van der Waals surface area contributed by atoms with Gasteiger partial charge in [-0.2, -0.15) is 0 Å². The number of alkyl carbamates (subject to hydrolysis) is 1. The third kappa shape index (κ3) is 8.94. The summed E-state index contributed by atoms with van der Waals surface area (Å²) in [5, 5.41) is 17.3. The highest BCUT2D eigenvalue weighted by Gasteiger charge is 2.31. The molecule has 0 spiro atoms. The third-order valence-corrected chi connectivity index (χ3v) is 5.36. The van der Waals surface area contributed by atoms with Gasteiger partial charge in [0.15, 0.2) is 0 Å². The van der Waals surface area contributed by atoms with Crippen molar-refractivity contribution in [3.05, 3.63) is 65.7 Å². The van der Waals surface area contributed by atoms with E-state index in [0.29, 0.717) is 5.56 Å². The first-order valence-electron chi connectivity index (χ1n) is 11.5. The molecule has 0 unspecified atom stereocenters.